The van der Waals surface area contributed by atoms with Gasteiger partial charge in [-0.25, -0.2) is 0 Å². The molecule has 0 amide bonds. The summed E-state index contributed by atoms with van der Waals surface area (Å²) in [6.45, 7) is 9.62. The Labute approximate surface area is 153 Å². The zero-order valence-electron chi connectivity index (χ0n) is 14.8. The van der Waals surface area contributed by atoms with Crippen LogP contribution in [-0.4, -0.2) is 49.6 Å². The summed E-state index contributed by atoms with van der Waals surface area (Å²) in [5.41, 5.74) is 0.499. The predicted octanol–water partition coefficient (Wildman–Crippen LogP) is 3.22. The monoisotopic (exact) mass is 422 g/mol. The minimum Gasteiger partial charge on any atom is -0.357 e. The van der Waals surface area contributed by atoms with E-state index in [-0.39, 0.29) is 24.0 Å². The van der Waals surface area contributed by atoms with Crippen molar-refractivity contribution in [2.75, 3.05) is 26.7 Å². The molecule has 0 bridgehead atoms. The SMILES string of the molecule is CCNC(=NCC1(CC)CCC1)NCC(C)N(C)C1CC1.I. The average Bonchev–Trinajstić information content (AvgIpc) is 3.27. The van der Waals surface area contributed by atoms with Gasteiger partial charge in [0, 0.05) is 31.7 Å². The lowest BCUT2D eigenvalue weighted by Gasteiger charge is -2.40. The van der Waals surface area contributed by atoms with E-state index < -0.39 is 0 Å². The molecule has 0 aliphatic heterocycles. The zero-order chi connectivity index (χ0) is 15.3. The van der Waals surface area contributed by atoms with Gasteiger partial charge in [-0.2, -0.15) is 0 Å². The molecule has 0 heterocycles. The van der Waals surface area contributed by atoms with Gasteiger partial charge in [0.1, 0.15) is 0 Å². The van der Waals surface area contributed by atoms with Crippen molar-refractivity contribution in [3.63, 3.8) is 0 Å². The minimum atomic E-state index is 0. The maximum atomic E-state index is 4.85. The number of likely N-dealkylation sites (N-methyl/N-ethyl adjacent to an activating group) is 1. The van der Waals surface area contributed by atoms with Crippen LogP contribution < -0.4 is 10.6 Å². The van der Waals surface area contributed by atoms with Gasteiger partial charge in [0.2, 0.25) is 0 Å². The molecule has 0 spiro atoms. The number of hydrogen-bond acceptors (Lipinski definition) is 2. The lowest BCUT2D eigenvalue weighted by molar-refractivity contribution is 0.139. The van der Waals surface area contributed by atoms with E-state index in [1.54, 1.807) is 0 Å². The summed E-state index contributed by atoms with van der Waals surface area (Å²) in [5.74, 6) is 0.994. The Kier molecular flexibility index (Phi) is 8.46. The predicted molar refractivity (Wildman–Crippen MR) is 106 cm³/mol. The first-order valence-corrected chi connectivity index (χ1v) is 8.84. The molecule has 2 aliphatic carbocycles. The number of aliphatic imine (C=N–C) groups is 1. The molecule has 0 aromatic rings. The van der Waals surface area contributed by atoms with Crippen molar-refractivity contribution < 1.29 is 0 Å². The molecular weight excluding hydrogens is 387 g/mol. The molecule has 1 atom stereocenters. The highest BCUT2D eigenvalue weighted by Gasteiger charge is 2.34. The van der Waals surface area contributed by atoms with Crippen LogP contribution in [0.15, 0.2) is 4.99 Å². The van der Waals surface area contributed by atoms with Gasteiger partial charge in [-0.1, -0.05) is 13.3 Å². The molecule has 2 rings (SSSR count). The Morgan fingerprint density at radius 3 is 2.41 bits per heavy atom. The quantitative estimate of drug-likeness (QED) is 0.359. The Bertz CT molecular complexity index is 345. The first kappa shape index (κ1) is 20.0. The number of rotatable bonds is 8. The lowest BCUT2D eigenvalue weighted by Crippen LogP contribution is -2.46. The van der Waals surface area contributed by atoms with Crippen molar-refractivity contribution >= 4 is 29.9 Å². The van der Waals surface area contributed by atoms with E-state index in [2.05, 4.69) is 43.4 Å². The van der Waals surface area contributed by atoms with Gasteiger partial charge < -0.3 is 10.6 Å². The maximum Gasteiger partial charge on any atom is 0.191 e. The summed E-state index contributed by atoms with van der Waals surface area (Å²) in [6.07, 6.45) is 8.09. The summed E-state index contributed by atoms with van der Waals surface area (Å²) >= 11 is 0. The van der Waals surface area contributed by atoms with Crippen molar-refractivity contribution in [2.24, 2.45) is 10.4 Å². The Morgan fingerprint density at radius 2 is 1.95 bits per heavy atom. The van der Waals surface area contributed by atoms with Gasteiger partial charge in [0.25, 0.3) is 0 Å². The summed E-state index contributed by atoms with van der Waals surface area (Å²) in [5, 5.41) is 6.91. The van der Waals surface area contributed by atoms with Crippen molar-refractivity contribution in [1.82, 2.24) is 15.5 Å². The van der Waals surface area contributed by atoms with Crippen LogP contribution in [0.25, 0.3) is 0 Å². The van der Waals surface area contributed by atoms with Crippen molar-refractivity contribution in [1.29, 1.82) is 0 Å². The molecule has 0 saturated heterocycles. The van der Waals surface area contributed by atoms with Gasteiger partial charge in [0.15, 0.2) is 5.96 Å². The normalized spacial score (nSPS) is 21.8. The van der Waals surface area contributed by atoms with Gasteiger partial charge in [0.05, 0.1) is 0 Å². The molecular formula is C17H35IN4. The molecule has 2 saturated carbocycles. The number of guanidine groups is 1. The minimum absolute atomic E-state index is 0. The number of nitrogens with one attached hydrogen (secondary N) is 2. The largest absolute Gasteiger partial charge is 0.357 e. The van der Waals surface area contributed by atoms with Gasteiger partial charge in [-0.3, -0.25) is 9.89 Å². The molecule has 4 nitrogen and oxygen atoms in total. The summed E-state index contributed by atoms with van der Waals surface area (Å²) in [6, 6.07) is 1.38. The van der Waals surface area contributed by atoms with E-state index in [1.165, 1.54) is 38.5 Å². The third-order valence-electron chi connectivity index (χ3n) is 5.46. The molecule has 0 aromatic carbocycles. The highest BCUT2D eigenvalue weighted by atomic mass is 127. The van der Waals surface area contributed by atoms with Crippen LogP contribution in [0.3, 0.4) is 0 Å². The molecule has 1 unspecified atom stereocenters. The van der Waals surface area contributed by atoms with Crippen molar-refractivity contribution in [3.8, 4) is 0 Å². The van der Waals surface area contributed by atoms with Crippen LogP contribution in [0.4, 0.5) is 0 Å². The Morgan fingerprint density at radius 1 is 1.27 bits per heavy atom. The second-order valence-corrected chi connectivity index (χ2v) is 7.03. The average molecular weight is 422 g/mol. The maximum absolute atomic E-state index is 4.85. The molecule has 0 radical (unpaired) electrons. The fourth-order valence-corrected chi connectivity index (χ4v) is 3.12. The van der Waals surface area contributed by atoms with Crippen LogP contribution in [0.2, 0.25) is 0 Å². The van der Waals surface area contributed by atoms with E-state index in [4.69, 9.17) is 4.99 Å². The van der Waals surface area contributed by atoms with Gasteiger partial charge in [-0.15, -0.1) is 24.0 Å². The second kappa shape index (κ2) is 9.30. The molecule has 2 N–H and O–H groups in total. The lowest BCUT2D eigenvalue weighted by atomic mass is 9.67. The topological polar surface area (TPSA) is 39.7 Å². The van der Waals surface area contributed by atoms with E-state index in [0.29, 0.717) is 11.5 Å². The first-order valence-electron chi connectivity index (χ1n) is 8.84. The standard InChI is InChI=1S/C17H34N4.HI/c1-5-17(10-7-11-17)13-20-16(18-6-2)19-12-14(3)21(4)15-8-9-15;/h14-15H,5-13H2,1-4H3,(H2,18,19,20);1H. The molecule has 22 heavy (non-hydrogen) atoms. The molecule has 130 valence electrons. The van der Waals surface area contributed by atoms with E-state index >= 15 is 0 Å². The first-order chi connectivity index (χ1) is 10.1. The highest BCUT2D eigenvalue weighted by molar-refractivity contribution is 14.0. The molecule has 2 fully saturated rings. The number of hydrogen-bond donors (Lipinski definition) is 2. The fraction of sp³-hybridized carbons (Fsp3) is 0.941. The van der Waals surface area contributed by atoms with Gasteiger partial charge >= 0.3 is 0 Å². The Balaban J connectivity index is 0.00000242. The van der Waals surface area contributed by atoms with Crippen LogP contribution >= 0.6 is 24.0 Å². The van der Waals surface area contributed by atoms with Crippen LogP contribution in [0.5, 0.6) is 0 Å². The van der Waals surface area contributed by atoms with E-state index in [0.717, 1.165) is 31.6 Å². The summed E-state index contributed by atoms with van der Waals surface area (Å²) < 4.78 is 0. The third kappa shape index (κ3) is 5.55. The second-order valence-electron chi connectivity index (χ2n) is 7.03. The van der Waals surface area contributed by atoms with Crippen LogP contribution in [-0.2, 0) is 0 Å². The van der Waals surface area contributed by atoms with E-state index in [9.17, 15) is 0 Å². The number of halogens is 1. The third-order valence-corrected chi connectivity index (χ3v) is 5.46. The van der Waals surface area contributed by atoms with Crippen molar-refractivity contribution in [3.05, 3.63) is 0 Å². The van der Waals surface area contributed by atoms with Crippen molar-refractivity contribution in [2.45, 2.75) is 71.4 Å². The summed E-state index contributed by atoms with van der Waals surface area (Å²) in [7, 11) is 2.24. The fourth-order valence-electron chi connectivity index (χ4n) is 3.12. The zero-order valence-corrected chi connectivity index (χ0v) is 17.2. The number of nitrogens with zero attached hydrogens (tertiary/aromatic N) is 2. The highest BCUT2D eigenvalue weighted by Crippen LogP contribution is 2.43. The van der Waals surface area contributed by atoms with Crippen LogP contribution in [0, 0.1) is 5.41 Å². The Hall–Kier alpha value is -0.0400. The van der Waals surface area contributed by atoms with Gasteiger partial charge in [-0.05, 0) is 58.4 Å². The smallest absolute Gasteiger partial charge is 0.191 e. The summed E-state index contributed by atoms with van der Waals surface area (Å²) in [4.78, 5) is 7.34. The molecule has 0 aromatic heterocycles. The molecule has 5 heteroatoms. The molecule has 2 aliphatic rings. The van der Waals surface area contributed by atoms with E-state index in [1.807, 2.05) is 0 Å². The van der Waals surface area contributed by atoms with Crippen LogP contribution in [0.1, 0.15) is 59.3 Å².